The van der Waals surface area contributed by atoms with Crippen LogP contribution in [0.4, 0.5) is 0 Å². The van der Waals surface area contributed by atoms with E-state index in [1.54, 1.807) is 0 Å². The van der Waals surface area contributed by atoms with Gasteiger partial charge in [-0.2, -0.15) is 0 Å². The van der Waals surface area contributed by atoms with E-state index in [1.807, 2.05) is 51.1 Å². The van der Waals surface area contributed by atoms with Crippen molar-refractivity contribution in [2.75, 3.05) is 0 Å². The topological polar surface area (TPSA) is 30.2 Å². The first-order valence-electron chi connectivity index (χ1n) is 6.77. The van der Waals surface area contributed by atoms with E-state index < -0.39 is 0 Å². The molecular formula is C18H15BrO2. The lowest BCUT2D eigenvalue weighted by Crippen LogP contribution is -2.02. The number of furan rings is 1. The summed E-state index contributed by atoms with van der Waals surface area (Å²) in [5, 5.41) is 0.970. The van der Waals surface area contributed by atoms with Gasteiger partial charge >= 0.3 is 0 Å². The molecule has 0 saturated carbocycles. The SMILES string of the molecule is Cc1cc(C)cc(C(=O)c2oc3ccc(Br)cc3c2C)c1. The van der Waals surface area contributed by atoms with E-state index in [0.717, 1.165) is 32.1 Å². The molecule has 1 aromatic heterocycles. The van der Waals surface area contributed by atoms with Gasteiger partial charge in [0.25, 0.3) is 0 Å². The highest BCUT2D eigenvalue weighted by Crippen LogP contribution is 2.29. The maximum atomic E-state index is 12.7. The number of fused-ring (bicyclic) bond motifs is 1. The molecule has 106 valence electrons. The highest BCUT2D eigenvalue weighted by molar-refractivity contribution is 9.10. The molecule has 0 saturated heterocycles. The van der Waals surface area contributed by atoms with Crippen LogP contribution in [-0.4, -0.2) is 5.78 Å². The molecule has 0 spiro atoms. The first kappa shape index (κ1) is 14.1. The van der Waals surface area contributed by atoms with Crippen LogP contribution >= 0.6 is 15.9 Å². The second kappa shape index (κ2) is 5.15. The summed E-state index contributed by atoms with van der Waals surface area (Å²) >= 11 is 3.45. The fourth-order valence-corrected chi connectivity index (χ4v) is 3.01. The van der Waals surface area contributed by atoms with Crippen LogP contribution in [0.25, 0.3) is 11.0 Å². The predicted octanol–water partition coefficient (Wildman–Crippen LogP) is 5.35. The zero-order valence-electron chi connectivity index (χ0n) is 12.2. The first-order valence-corrected chi connectivity index (χ1v) is 7.56. The molecule has 1 heterocycles. The molecular weight excluding hydrogens is 328 g/mol. The van der Waals surface area contributed by atoms with Crippen LogP contribution in [0.3, 0.4) is 0 Å². The smallest absolute Gasteiger partial charge is 0.228 e. The number of rotatable bonds is 2. The second-order valence-electron chi connectivity index (χ2n) is 5.40. The molecule has 21 heavy (non-hydrogen) atoms. The van der Waals surface area contributed by atoms with E-state index >= 15 is 0 Å². The molecule has 3 heteroatoms. The van der Waals surface area contributed by atoms with E-state index in [-0.39, 0.29) is 5.78 Å². The van der Waals surface area contributed by atoms with E-state index in [1.165, 1.54) is 0 Å². The van der Waals surface area contributed by atoms with Crippen molar-refractivity contribution in [1.82, 2.24) is 0 Å². The monoisotopic (exact) mass is 342 g/mol. The molecule has 0 bridgehead atoms. The lowest BCUT2D eigenvalue weighted by atomic mass is 10.0. The number of hydrogen-bond acceptors (Lipinski definition) is 2. The predicted molar refractivity (Wildman–Crippen MR) is 88.0 cm³/mol. The van der Waals surface area contributed by atoms with Crippen LogP contribution in [0.5, 0.6) is 0 Å². The van der Waals surface area contributed by atoms with Gasteiger partial charge in [0.2, 0.25) is 5.78 Å². The highest BCUT2D eigenvalue weighted by Gasteiger charge is 2.19. The Morgan fingerprint density at radius 3 is 2.33 bits per heavy atom. The number of benzene rings is 2. The van der Waals surface area contributed by atoms with Crippen LogP contribution in [-0.2, 0) is 0 Å². The van der Waals surface area contributed by atoms with E-state index in [2.05, 4.69) is 22.0 Å². The van der Waals surface area contributed by atoms with E-state index in [9.17, 15) is 4.79 Å². The number of carbonyl (C=O) groups is 1. The standard InChI is InChI=1S/C18H15BrO2/c1-10-6-11(2)8-13(7-10)17(20)18-12(3)15-9-14(19)4-5-16(15)21-18/h4-9H,1-3H3. The van der Waals surface area contributed by atoms with Gasteiger partial charge in [-0.1, -0.05) is 33.1 Å². The largest absolute Gasteiger partial charge is 0.452 e. The van der Waals surface area contributed by atoms with Crippen molar-refractivity contribution in [1.29, 1.82) is 0 Å². The molecule has 2 nitrogen and oxygen atoms in total. The molecule has 0 radical (unpaired) electrons. The average Bonchev–Trinajstić information content (AvgIpc) is 2.74. The molecule has 0 aliphatic carbocycles. The molecule has 0 aliphatic rings. The van der Waals surface area contributed by atoms with Crippen molar-refractivity contribution < 1.29 is 9.21 Å². The van der Waals surface area contributed by atoms with Crippen LogP contribution < -0.4 is 0 Å². The molecule has 0 N–H and O–H groups in total. The Balaban J connectivity index is 2.15. The van der Waals surface area contributed by atoms with Gasteiger partial charge in [-0.05, 0) is 51.1 Å². The number of carbonyl (C=O) groups excluding carboxylic acids is 1. The van der Waals surface area contributed by atoms with Gasteiger partial charge in [0.15, 0.2) is 5.76 Å². The van der Waals surface area contributed by atoms with Gasteiger partial charge in [-0.15, -0.1) is 0 Å². The summed E-state index contributed by atoms with van der Waals surface area (Å²) in [6.45, 7) is 5.91. The van der Waals surface area contributed by atoms with Crippen LogP contribution in [0.2, 0.25) is 0 Å². The average molecular weight is 343 g/mol. The fraction of sp³-hybridized carbons (Fsp3) is 0.167. The Kier molecular flexibility index (Phi) is 3.46. The summed E-state index contributed by atoms with van der Waals surface area (Å²) in [7, 11) is 0. The summed E-state index contributed by atoms with van der Waals surface area (Å²) < 4.78 is 6.76. The van der Waals surface area contributed by atoms with Crippen LogP contribution in [0.1, 0.15) is 32.8 Å². The van der Waals surface area contributed by atoms with Crippen molar-refractivity contribution >= 4 is 32.7 Å². The van der Waals surface area contributed by atoms with E-state index in [0.29, 0.717) is 11.3 Å². The molecule has 3 aromatic rings. The Labute approximate surface area is 131 Å². The molecule has 0 unspecified atom stereocenters. The molecule has 0 amide bonds. The summed E-state index contributed by atoms with van der Waals surface area (Å²) in [6.07, 6.45) is 0. The molecule has 0 aliphatic heterocycles. The van der Waals surface area contributed by atoms with Gasteiger partial charge in [0.05, 0.1) is 0 Å². The van der Waals surface area contributed by atoms with Gasteiger partial charge in [-0.3, -0.25) is 4.79 Å². The van der Waals surface area contributed by atoms with Gasteiger partial charge in [0.1, 0.15) is 5.58 Å². The Hall–Kier alpha value is -1.87. The lowest BCUT2D eigenvalue weighted by molar-refractivity contribution is 0.101. The lowest BCUT2D eigenvalue weighted by Gasteiger charge is -2.03. The maximum Gasteiger partial charge on any atom is 0.228 e. The molecule has 0 fully saturated rings. The minimum absolute atomic E-state index is 0.0633. The second-order valence-corrected chi connectivity index (χ2v) is 6.32. The number of hydrogen-bond donors (Lipinski definition) is 0. The quantitative estimate of drug-likeness (QED) is 0.587. The third-order valence-corrected chi connectivity index (χ3v) is 4.08. The number of ketones is 1. The Bertz CT molecular complexity index is 839. The van der Waals surface area contributed by atoms with Crippen LogP contribution in [0, 0.1) is 20.8 Å². The summed E-state index contributed by atoms with van der Waals surface area (Å²) in [6, 6.07) is 11.6. The third-order valence-electron chi connectivity index (χ3n) is 3.59. The molecule has 3 rings (SSSR count). The Morgan fingerprint density at radius 2 is 1.67 bits per heavy atom. The summed E-state index contributed by atoms with van der Waals surface area (Å²) in [4.78, 5) is 12.7. The van der Waals surface area contributed by atoms with Gasteiger partial charge in [0, 0.05) is 21.0 Å². The van der Waals surface area contributed by atoms with Crippen molar-refractivity contribution in [3.63, 3.8) is 0 Å². The zero-order valence-corrected chi connectivity index (χ0v) is 13.7. The molecule has 0 atom stereocenters. The number of aryl methyl sites for hydroxylation is 3. The van der Waals surface area contributed by atoms with Gasteiger partial charge in [-0.25, -0.2) is 0 Å². The molecule has 2 aromatic carbocycles. The Morgan fingerprint density at radius 1 is 1.00 bits per heavy atom. The van der Waals surface area contributed by atoms with Crippen molar-refractivity contribution in [3.8, 4) is 0 Å². The third kappa shape index (κ3) is 2.54. The summed E-state index contributed by atoms with van der Waals surface area (Å²) in [5.41, 5.74) is 4.46. The normalized spacial score (nSPS) is 11.0. The maximum absolute atomic E-state index is 12.7. The van der Waals surface area contributed by atoms with Crippen molar-refractivity contribution in [3.05, 3.63) is 68.9 Å². The first-order chi connectivity index (χ1) is 9.95. The minimum atomic E-state index is -0.0633. The van der Waals surface area contributed by atoms with Gasteiger partial charge < -0.3 is 4.42 Å². The number of halogens is 1. The summed E-state index contributed by atoms with van der Waals surface area (Å²) in [5.74, 6) is 0.361. The highest BCUT2D eigenvalue weighted by atomic mass is 79.9. The van der Waals surface area contributed by atoms with Crippen molar-refractivity contribution in [2.24, 2.45) is 0 Å². The van der Waals surface area contributed by atoms with Crippen LogP contribution in [0.15, 0.2) is 45.3 Å². The fourth-order valence-electron chi connectivity index (χ4n) is 2.65. The van der Waals surface area contributed by atoms with E-state index in [4.69, 9.17) is 4.42 Å². The zero-order chi connectivity index (χ0) is 15.1. The van der Waals surface area contributed by atoms with Crippen molar-refractivity contribution in [2.45, 2.75) is 20.8 Å². The minimum Gasteiger partial charge on any atom is -0.452 e.